The first-order valence-electron chi connectivity index (χ1n) is 7.30. The Balaban J connectivity index is 1.86. The summed E-state index contributed by atoms with van der Waals surface area (Å²) in [7, 11) is 0. The summed E-state index contributed by atoms with van der Waals surface area (Å²) < 4.78 is 5.02. The van der Waals surface area contributed by atoms with Crippen LogP contribution < -0.4 is 0 Å². The molecular formula is C18H14ClNO5. The second-order valence-electron chi connectivity index (χ2n) is 5.09. The molecule has 0 N–H and O–H groups in total. The van der Waals surface area contributed by atoms with E-state index in [1.54, 1.807) is 0 Å². The summed E-state index contributed by atoms with van der Waals surface area (Å²) in [6, 6.07) is 13.2. The molecular weight excluding hydrogens is 346 g/mol. The predicted octanol–water partition coefficient (Wildman–Crippen LogP) is 3.96. The fraction of sp³-hybridized carbons (Fsp3) is 0.111. The number of nitro benzene ring substituents is 1. The zero-order valence-corrected chi connectivity index (χ0v) is 13.8. The van der Waals surface area contributed by atoms with E-state index >= 15 is 0 Å². The highest BCUT2D eigenvalue weighted by molar-refractivity contribution is 6.32. The minimum atomic E-state index is -0.625. The van der Waals surface area contributed by atoms with Gasteiger partial charge >= 0.3 is 5.97 Å². The van der Waals surface area contributed by atoms with Gasteiger partial charge in [-0.05, 0) is 29.3 Å². The van der Waals surface area contributed by atoms with Gasteiger partial charge in [0, 0.05) is 6.07 Å². The van der Waals surface area contributed by atoms with Gasteiger partial charge in [-0.2, -0.15) is 0 Å². The molecule has 0 spiro atoms. The van der Waals surface area contributed by atoms with E-state index in [0.29, 0.717) is 5.56 Å². The van der Waals surface area contributed by atoms with Crippen molar-refractivity contribution in [2.24, 2.45) is 0 Å². The van der Waals surface area contributed by atoms with Crippen LogP contribution >= 0.6 is 11.6 Å². The molecule has 25 heavy (non-hydrogen) atoms. The first kappa shape index (κ1) is 18.4. The van der Waals surface area contributed by atoms with Gasteiger partial charge in [-0.1, -0.05) is 48.0 Å². The third-order valence-corrected chi connectivity index (χ3v) is 3.49. The van der Waals surface area contributed by atoms with Crippen molar-refractivity contribution in [2.75, 3.05) is 0 Å². The van der Waals surface area contributed by atoms with Crippen molar-refractivity contribution in [3.05, 3.63) is 80.9 Å². The molecule has 0 aromatic heterocycles. The zero-order chi connectivity index (χ0) is 18.2. The molecule has 0 aliphatic carbocycles. The molecule has 2 aromatic carbocycles. The Hall–Kier alpha value is -2.99. The minimum absolute atomic E-state index is 0.0260. The molecule has 7 heteroatoms. The van der Waals surface area contributed by atoms with E-state index in [4.69, 9.17) is 16.3 Å². The summed E-state index contributed by atoms with van der Waals surface area (Å²) in [6.45, 7) is 0.106. The van der Waals surface area contributed by atoms with Gasteiger partial charge in [0.2, 0.25) is 0 Å². The van der Waals surface area contributed by atoms with Crippen LogP contribution in [0.3, 0.4) is 0 Å². The van der Waals surface area contributed by atoms with Crippen molar-refractivity contribution in [3.63, 3.8) is 0 Å². The number of benzene rings is 2. The number of carbonyl (C=O) groups is 2. The van der Waals surface area contributed by atoms with Crippen LogP contribution in [0, 0.1) is 10.1 Å². The predicted molar refractivity (Wildman–Crippen MR) is 93.0 cm³/mol. The summed E-state index contributed by atoms with van der Waals surface area (Å²) in [6.07, 6.45) is 2.26. The van der Waals surface area contributed by atoms with E-state index in [2.05, 4.69) is 0 Å². The van der Waals surface area contributed by atoms with Gasteiger partial charge in [0.05, 0.1) is 4.92 Å². The molecule has 6 nitrogen and oxygen atoms in total. The number of ether oxygens (including phenoxy) is 1. The molecule has 2 rings (SSSR count). The number of rotatable bonds is 7. The maximum absolute atomic E-state index is 11.8. The van der Waals surface area contributed by atoms with Gasteiger partial charge in [-0.15, -0.1) is 0 Å². The van der Waals surface area contributed by atoms with Gasteiger partial charge in [-0.25, -0.2) is 0 Å². The Kier molecular flexibility index (Phi) is 6.42. The van der Waals surface area contributed by atoms with E-state index < -0.39 is 16.7 Å². The number of hydrogen-bond acceptors (Lipinski definition) is 5. The first-order valence-corrected chi connectivity index (χ1v) is 7.68. The van der Waals surface area contributed by atoms with Gasteiger partial charge in [0.25, 0.3) is 5.69 Å². The minimum Gasteiger partial charge on any atom is -0.460 e. The summed E-state index contributed by atoms with van der Waals surface area (Å²) in [5.74, 6) is -1.06. The monoisotopic (exact) mass is 359 g/mol. The van der Waals surface area contributed by atoms with Crippen LogP contribution in [0.2, 0.25) is 5.02 Å². The molecule has 0 saturated carbocycles. The molecule has 2 aromatic rings. The van der Waals surface area contributed by atoms with Crippen LogP contribution in [0.25, 0.3) is 6.08 Å². The van der Waals surface area contributed by atoms with Gasteiger partial charge in [-0.3, -0.25) is 19.7 Å². The molecule has 0 heterocycles. The molecule has 0 radical (unpaired) electrons. The molecule has 128 valence electrons. The lowest BCUT2D eigenvalue weighted by Gasteiger charge is -2.03. The Bertz CT molecular complexity index is 817. The smallest absolute Gasteiger partial charge is 0.314 e. The highest BCUT2D eigenvalue weighted by Crippen LogP contribution is 2.25. The van der Waals surface area contributed by atoms with E-state index in [-0.39, 0.29) is 23.7 Å². The quantitative estimate of drug-likeness (QED) is 0.245. The number of nitro groups is 1. The standard InChI is InChI=1S/C18H14ClNO5/c19-16-10-13(7-9-17(16)20(23)24)6-8-15(21)11-18(22)25-12-14-4-2-1-3-5-14/h1-10H,11-12H2. The third kappa shape index (κ3) is 5.86. The second-order valence-corrected chi connectivity index (χ2v) is 5.50. The van der Waals surface area contributed by atoms with Crippen LogP contribution in [0.5, 0.6) is 0 Å². The van der Waals surface area contributed by atoms with Gasteiger partial charge in [0.1, 0.15) is 18.1 Å². The second kappa shape index (κ2) is 8.75. The maximum Gasteiger partial charge on any atom is 0.314 e. The maximum atomic E-state index is 11.8. The fourth-order valence-electron chi connectivity index (χ4n) is 1.95. The lowest BCUT2D eigenvalue weighted by molar-refractivity contribution is -0.384. The van der Waals surface area contributed by atoms with Crippen molar-refractivity contribution >= 4 is 35.1 Å². The number of halogens is 1. The number of ketones is 1. The van der Waals surface area contributed by atoms with Crippen molar-refractivity contribution in [1.29, 1.82) is 0 Å². The highest BCUT2D eigenvalue weighted by Gasteiger charge is 2.12. The average Bonchev–Trinajstić information content (AvgIpc) is 2.59. The molecule has 0 atom stereocenters. The Morgan fingerprint density at radius 1 is 1.16 bits per heavy atom. The van der Waals surface area contributed by atoms with E-state index in [9.17, 15) is 19.7 Å². The summed E-state index contributed by atoms with van der Waals surface area (Å²) in [4.78, 5) is 33.5. The highest BCUT2D eigenvalue weighted by atomic mass is 35.5. The number of allylic oxidation sites excluding steroid dienone is 1. The van der Waals surface area contributed by atoms with Crippen LogP contribution in [-0.4, -0.2) is 16.7 Å². The summed E-state index contributed by atoms with van der Waals surface area (Å²) >= 11 is 5.79. The fourth-order valence-corrected chi connectivity index (χ4v) is 2.21. The Morgan fingerprint density at radius 2 is 1.88 bits per heavy atom. The number of hydrogen-bond donors (Lipinski definition) is 0. The molecule has 0 aliphatic heterocycles. The molecule has 0 aliphatic rings. The van der Waals surface area contributed by atoms with E-state index in [1.807, 2.05) is 30.3 Å². The SMILES string of the molecule is O=C(C=Cc1ccc([N+](=O)[O-])c(Cl)c1)CC(=O)OCc1ccccc1. The Labute approximate surface area is 148 Å². The number of carbonyl (C=O) groups excluding carboxylic acids is 2. The van der Waals surface area contributed by atoms with Crippen LogP contribution in [0.15, 0.2) is 54.6 Å². The zero-order valence-electron chi connectivity index (χ0n) is 13.1. The van der Waals surface area contributed by atoms with Crippen LogP contribution in [0.1, 0.15) is 17.5 Å². The third-order valence-electron chi connectivity index (χ3n) is 3.19. The molecule has 0 amide bonds. The van der Waals surface area contributed by atoms with Crippen LogP contribution in [0.4, 0.5) is 5.69 Å². The van der Waals surface area contributed by atoms with Crippen molar-refractivity contribution in [2.45, 2.75) is 13.0 Å². The molecule has 0 unspecified atom stereocenters. The number of nitrogens with zero attached hydrogens (tertiary/aromatic N) is 1. The van der Waals surface area contributed by atoms with Gasteiger partial charge < -0.3 is 4.74 Å². The topological polar surface area (TPSA) is 86.5 Å². The summed E-state index contributed by atoms with van der Waals surface area (Å²) in [5, 5.41) is 10.7. The lowest BCUT2D eigenvalue weighted by Crippen LogP contribution is -2.09. The number of esters is 1. The summed E-state index contributed by atoms with van der Waals surface area (Å²) in [5.41, 5.74) is 1.13. The van der Waals surface area contributed by atoms with E-state index in [1.165, 1.54) is 30.4 Å². The van der Waals surface area contributed by atoms with Gasteiger partial charge in [0.15, 0.2) is 5.78 Å². The van der Waals surface area contributed by atoms with E-state index in [0.717, 1.165) is 5.56 Å². The van der Waals surface area contributed by atoms with Crippen molar-refractivity contribution in [1.82, 2.24) is 0 Å². The normalized spacial score (nSPS) is 10.6. The van der Waals surface area contributed by atoms with Crippen LogP contribution in [-0.2, 0) is 20.9 Å². The lowest BCUT2D eigenvalue weighted by atomic mass is 10.1. The van der Waals surface area contributed by atoms with Crippen molar-refractivity contribution in [3.8, 4) is 0 Å². The molecule has 0 fully saturated rings. The first-order chi connectivity index (χ1) is 12.0. The molecule has 0 bridgehead atoms. The Morgan fingerprint density at radius 3 is 2.52 bits per heavy atom. The molecule has 0 saturated heterocycles. The average molecular weight is 360 g/mol. The largest absolute Gasteiger partial charge is 0.460 e. The van der Waals surface area contributed by atoms with Crippen molar-refractivity contribution < 1.29 is 19.2 Å².